The first-order valence-electron chi connectivity index (χ1n) is 9.08. The van der Waals surface area contributed by atoms with E-state index in [0.29, 0.717) is 23.7 Å². The average Bonchev–Trinajstić information content (AvgIpc) is 2.98. The molecule has 2 aliphatic heterocycles. The number of likely N-dealkylation sites (tertiary alicyclic amines) is 1. The molecule has 4 rings (SSSR count). The number of morpholine rings is 1. The van der Waals surface area contributed by atoms with Crippen molar-refractivity contribution in [3.8, 4) is 0 Å². The average molecular weight is 375 g/mol. The summed E-state index contributed by atoms with van der Waals surface area (Å²) in [6.07, 6.45) is 2.05. The zero-order chi connectivity index (χ0) is 18.5. The van der Waals surface area contributed by atoms with E-state index in [0.717, 1.165) is 47.5 Å². The summed E-state index contributed by atoms with van der Waals surface area (Å²) in [6.45, 7) is 8.97. The van der Waals surface area contributed by atoms with E-state index in [4.69, 9.17) is 10.5 Å². The maximum Gasteiger partial charge on any atom is 0.266 e. The molecule has 2 fully saturated rings. The van der Waals surface area contributed by atoms with Gasteiger partial charge in [0.25, 0.3) is 5.91 Å². The molecule has 7 nitrogen and oxygen atoms in total. The number of thiophene rings is 1. The SMILES string of the molecule is Cc1nnc2sc(C(=O)N3CCC4(CC3)COC(C)CN4)c(N)c2c1C. The van der Waals surface area contributed by atoms with Crippen molar-refractivity contribution in [1.82, 2.24) is 20.4 Å². The molecule has 8 heteroatoms. The summed E-state index contributed by atoms with van der Waals surface area (Å²) in [5.74, 6) is 0.00231. The minimum absolute atomic E-state index is 0.00231. The van der Waals surface area contributed by atoms with E-state index >= 15 is 0 Å². The summed E-state index contributed by atoms with van der Waals surface area (Å²) >= 11 is 1.35. The molecule has 0 aromatic carbocycles. The Morgan fingerprint density at radius 3 is 2.73 bits per heavy atom. The predicted molar refractivity (Wildman–Crippen MR) is 103 cm³/mol. The minimum atomic E-state index is 0.00231. The Kier molecular flexibility index (Phi) is 4.37. The third-order valence-corrected chi connectivity index (χ3v) is 6.82. The second-order valence-corrected chi connectivity index (χ2v) is 8.51. The largest absolute Gasteiger partial charge is 0.397 e. The highest BCUT2D eigenvalue weighted by molar-refractivity contribution is 7.21. The van der Waals surface area contributed by atoms with Crippen molar-refractivity contribution in [1.29, 1.82) is 0 Å². The van der Waals surface area contributed by atoms with Crippen LogP contribution in [0.25, 0.3) is 10.2 Å². The summed E-state index contributed by atoms with van der Waals surface area (Å²) in [5, 5.41) is 12.9. The first-order chi connectivity index (χ1) is 12.4. The first-order valence-corrected chi connectivity index (χ1v) is 9.90. The van der Waals surface area contributed by atoms with Gasteiger partial charge in [-0.05, 0) is 39.2 Å². The Morgan fingerprint density at radius 2 is 2.08 bits per heavy atom. The van der Waals surface area contributed by atoms with Crippen molar-refractivity contribution in [2.75, 3.05) is 32.0 Å². The Labute approximate surface area is 156 Å². The smallest absolute Gasteiger partial charge is 0.266 e. The molecule has 0 bridgehead atoms. The first kappa shape index (κ1) is 17.6. The molecule has 2 aromatic rings. The van der Waals surface area contributed by atoms with E-state index in [1.807, 2.05) is 18.7 Å². The number of amides is 1. The van der Waals surface area contributed by atoms with Crippen LogP contribution in [0.4, 0.5) is 5.69 Å². The number of anilines is 1. The van der Waals surface area contributed by atoms with E-state index in [9.17, 15) is 4.79 Å². The summed E-state index contributed by atoms with van der Waals surface area (Å²) in [6, 6.07) is 0. The number of hydrogen-bond donors (Lipinski definition) is 2. The monoisotopic (exact) mass is 375 g/mol. The van der Waals surface area contributed by atoms with Crippen LogP contribution in [-0.4, -0.2) is 58.9 Å². The zero-order valence-electron chi connectivity index (χ0n) is 15.5. The summed E-state index contributed by atoms with van der Waals surface area (Å²) in [4.78, 5) is 16.3. The van der Waals surface area contributed by atoms with Crippen LogP contribution >= 0.6 is 11.3 Å². The molecule has 0 aliphatic carbocycles. The molecular formula is C18H25N5O2S. The van der Waals surface area contributed by atoms with Gasteiger partial charge in [0.15, 0.2) is 0 Å². The molecular weight excluding hydrogens is 350 g/mol. The van der Waals surface area contributed by atoms with Gasteiger partial charge in [0.05, 0.1) is 24.1 Å². The molecule has 1 atom stereocenters. The molecule has 4 heterocycles. The van der Waals surface area contributed by atoms with Crippen LogP contribution < -0.4 is 11.1 Å². The number of piperidine rings is 1. The third kappa shape index (κ3) is 2.86. The van der Waals surface area contributed by atoms with Gasteiger partial charge in [0.1, 0.15) is 9.71 Å². The zero-order valence-corrected chi connectivity index (χ0v) is 16.3. The van der Waals surface area contributed by atoms with Crippen molar-refractivity contribution in [3.05, 3.63) is 16.1 Å². The van der Waals surface area contributed by atoms with Gasteiger partial charge < -0.3 is 20.7 Å². The Balaban J connectivity index is 1.53. The number of fused-ring (bicyclic) bond motifs is 1. The molecule has 2 aromatic heterocycles. The molecule has 2 saturated heterocycles. The summed E-state index contributed by atoms with van der Waals surface area (Å²) in [7, 11) is 0. The molecule has 0 radical (unpaired) electrons. The van der Waals surface area contributed by atoms with Crippen molar-refractivity contribution in [2.45, 2.75) is 45.3 Å². The molecule has 26 heavy (non-hydrogen) atoms. The van der Waals surface area contributed by atoms with E-state index in [2.05, 4.69) is 22.4 Å². The summed E-state index contributed by atoms with van der Waals surface area (Å²) in [5.41, 5.74) is 8.72. The van der Waals surface area contributed by atoms with E-state index in [1.54, 1.807) is 0 Å². The minimum Gasteiger partial charge on any atom is -0.397 e. The molecule has 1 amide bonds. The van der Waals surface area contributed by atoms with Crippen LogP contribution in [0.2, 0.25) is 0 Å². The summed E-state index contributed by atoms with van der Waals surface area (Å²) < 4.78 is 5.84. The normalized spacial score (nSPS) is 22.9. The lowest BCUT2D eigenvalue weighted by Gasteiger charge is -2.45. The lowest BCUT2D eigenvalue weighted by molar-refractivity contribution is -0.0433. The second kappa shape index (κ2) is 6.44. The quantitative estimate of drug-likeness (QED) is 0.790. The van der Waals surface area contributed by atoms with Crippen molar-refractivity contribution in [2.24, 2.45) is 0 Å². The number of carbonyl (C=O) groups is 1. The van der Waals surface area contributed by atoms with E-state index < -0.39 is 0 Å². The predicted octanol–water partition coefficient (Wildman–Crippen LogP) is 1.87. The number of aryl methyl sites for hydroxylation is 2. The van der Waals surface area contributed by atoms with Gasteiger partial charge in [-0.25, -0.2) is 0 Å². The van der Waals surface area contributed by atoms with Crippen LogP contribution in [0.1, 0.15) is 40.7 Å². The third-order valence-electron chi connectivity index (χ3n) is 5.75. The molecule has 1 unspecified atom stereocenters. The van der Waals surface area contributed by atoms with Gasteiger partial charge in [0, 0.05) is 30.6 Å². The number of carbonyl (C=O) groups excluding carboxylic acids is 1. The second-order valence-electron chi connectivity index (χ2n) is 7.51. The molecule has 140 valence electrons. The van der Waals surface area contributed by atoms with E-state index in [1.165, 1.54) is 11.3 Å². The van der Waals surface area contributed by atoms with Gasteiger partial charge in [0.2, 0.25) is 0 Å². The van der Waals surface area contributed by atoms with Crippen LogP contribution in [0.15, 0.2) is 0 Å². The van der Waals surface area contributed by atoms with Crippen LogP contribution in [0.3, 0.4) is 0 Å². The highest BCUT2D eigenvalue weighted by Gasteiger charge is 2.39. The van der Waals surface area contributed by atoms with Crippen LogP contribution in [0.5, 0.6) is 0 Å². The molecule has 0 saturated carbocycles. The van der Waals surface area contributed by atoms with Crippen LogP contribution in [0, 0.1) is 13.8 Å². The molecule has 3 N–H and O–H groups in total. The number of nitrogens with two attached hydrogens (primary N) is 1. The van der Waals surface area contributed by atoms with Gasteiger partial charge in [-0.1, -0.05) is 0 Å². The highest BCUT2D eigenvalue weighted by atomic mass is 32.1. The number of nitrogens with zero attached hydrogens (tertiary/aromatic N) is 3. The number of nitrogen functional groups attached to an aromatic ring is 1. The number of nitrogens with one attached hydrogen (secondary N) is 1. The molecule has 2 aliphatic rings. The van der Waals surface area contributed by atoms with Gasteiger partial charge in [-0.2, -0.15) is 5.10 Å². The Hall–Kier alpha value is -1.77. The number of hydrogen-bond acceptors (Lipinski definition) is 7. The van der Waals surface area contributed by atoms with Crippen molar-refractivity contribution >= 4 is 33.1 Å². The Bertz CT molecular complexity index is 847. The topological polar surface area (TPSA) is 93.4 Å². The van der Waals surface area contributed by atoms with Crippen LogP contribution in [-0.2, 0) is 4.74 Å². The van der Waals surface area contributed by atoms with Gasteiger partial charge in [-0.3, -0.25) is 4.79 Å². The maximum absolute atomic E-state index is 13.1. The number of aromatic nitrogens is 2. The van der Waals surface area contributed by atoms with Gasteiger partial charge >= 0.3 is 0 Å². The van der Waals surface area contributed by atoms with Crippen molar-refractivity contribution < 1.29 is 9.53 Å². The molecule has 1 spiro atoms. The Morgan fingerprint density at radius 1 is 1.35 bits per heavy atom. The fourth-order valence-corrected chi connectivity index (χ4v) is 4.84. The fourth-order valence-electron chi connectivity index (χ4n) is 3.77. The number of ether oxygens (including phenoxy) is 1. The fraction of sp³-hybridized carbons (Fsp3) is 0.611. The maximum atomic E-state index is 13.1. The highest BCUT2D eigenvalue weighted by Crippen LogP contribution is 2.36. The standard InChI is InChI=1S/C18H25N5O2S/c1-10-8-20-18(9-25-10)4-6-23(7-5-18)17(24)15-14(19)13-11(2)12(3)21-22-16(13)26-15/h10,20H,4-9,19H2,1-3H3. The number of rotatable bonds is 1. The lowest BCUT2D eigenvalue weighted by atomic mass is 9.87. The van der Waals surface area contributed by atoms with Crippen molar-refractivity contribution in [3.63, 3.8) is 0 Å². The van der Waals surface area contributed by atoms with Gasteiger partial charge in [-0.15, -0.1) is 16.4 Å². The van der Waals surface area contributed by atoms with E-state index in [-0.39, 0.29) is 17.6 Å². The lowest BCUT2D eigenvalue weighted by Crippen LogP contribution is -2.61.